The average molecular weight is 315 g/mol. The monoisotopic (exact) mass is 314 g/mol. The van der Waals surface area contributed by atoms with Crippen molar-refractivity contribution in [2.45, 2.75) is 24.8 Å². The number of nitro groups is 1. The van der Waals surface area contributed by atoms with Gasteiger partial charge >= 0.3 is 0 Å². The van der Waals surface area contributed by atoms with Crippen LogP contribution in [-0.4, -0.2) is 30.1 Å². The lowest BCUT2D eigenvalue weighted by molar-refractivity contribution is -0.384. The molecule has 0 radical (unpaired) electrons. The second kappa shape index (κ2) is 6.38. The summed E-state index contributed by atoms with van der Waals surface area (Å²) in [5, 5.41) is 13.7. The van der Waals surface area contributed by atoms with Gasteiger partial charge in [-0.15, -0.1) is 0 Å². The van der Waals surface area contributed by atoms with E-state index < -0.39 is 16.4 Å². The normalized spacial score (nSPS) is 16.1. The molecule has 21 heavy (non-hydrogen) atoms. The van der Waals surface area contributed by atoms with E-state index in [9.17, 15) is 14.9 Å². The number of benzene rings is 1. The predicted molar refractivity (Wildman–Crippen MR) is 75.1 cm³/mol. The van der Waals surface area contributed by atoms with E-state index in [2.05, 4.69) is 10.2 Å². The second-order valence-electron chi connectivity index (χ2n) is 4.94. The number of halogens is 1. The van der Waals surface area contributed by atoms with E-state index in [0.717, 1.165) is 19.3 Å². The van der Waals surface area contributed by atoms with Crippen molar-refractivity contribution in [3.05, 3.63) is 38.9 Å². The molecule has 8 heteroatoms. The molecule has 2 rings (SSSR count). The van der Waals surface area contributed by atoms with Crippen LogP contribution in [0.1, 0.15) is 29.6 Å². The molecular formula is C13H15ClN2O5. The molecule has 0 bridgehead atoms. The smallest absolute Gasteiger partial charge is 0.288 e. The maximum absolute atomic E-state index is 12.2. The number of rotatable bonds is 6. The van der Waals surface area contributed by atoms with Crippen LogP contribution < -0.4 is 5.32 Å². The van der Waals surface area contributed by atoms with Gasteiger partial charge in [-0.3, -0.25) is 14.9 Å². The number of nitro benzene ring substituents is 1. The summed E-state index contributed by atoms with van der Waals surface area (Å²) in [5.74, 6) is -0.394. The molecule has 7 nitrogen and oxygen atoms in total. The fourth-order valence-electron chi connectivity index (χ4n) is 2.19. The molecular weight excluding hydrogens is 300 g/mol. The molecule has 0 spiro atoms. The molecule has 0 heterocycles. The molecule has 1 aliphatic rings. The first kappa shape index (κ1) is 15.7. The van der Waals surface area contributed by atoms with Gasteiger partial charge in [0.05, 0.1) is 17.6 Å². The minimum atomic E-state index is -0.619. The Labute approximate surface area is 126 Å². The van der Waals surface area contributed by atoms with Gasteiger partial charge < -0.3 is 5.32 Å². The molecule has 1 aromatic rings. The lowest BCUT2D eigenvalue weighted by atomic mass is 9.77. The van der Waals surface area contributed by atoms with Gasteiger partial charge in [-0.2, -0.15) is 0 Å². The van der Waals surface area contributed by atoms with Gasteiger partial charge in [-0.25, -0.2) is 9.78 Å². The van der Waals surface area contributed by atoms with Crippen molar-refractivity contribution in [3.8, 4) is 0 Å². The molecule has 114 valence electrons. The Morgan fingerprint density at radius 1 is 1.52 bits per heavy atom. The SMILES string of the molecule is COOCC1(NC(=O)c2ccc(Cl)c([N+](=O)[O-])c2)CCC1. The van der Waals surface area contributed by atoms with Crippen molar-refractivity contribution >= 4 is 23.2 Å². The van der Waals surface area contributed by atoms with Crippen LogP contribution in [0.2, 0.25) is 5.02 Å². The minimum Gasteiger partial charge on any atom is -0.344 e. The minimum absolute atomic E-state index is 0.00220. The molecule has 1 amide bonds. The van der Waals surface area contributed by atoms with E-state index in [1.165, 1.54) is 25.3 Å². The maximum Gasteiger partial charge on any atom is 0.288 e. The lowest BCUT2D eigenvalue weighted by Gasteiger charge is -2.41. The molecule has 1 fully saturated rings. The Morgan fingerprint density at radius 2 is 2.24 bits per heavy atom. The third kappa shape index (κ3) is 3.49. The van der Waals surface area contributed by atoms with E-state index >= 15 is 0 Å². The summed E-state index contributed by atoms with van der Waals surface area (Å²) in [6.07, 6.45) is 2.53. The zero-order chi connectivity index (χ0) is 15.5. The predicted octanol–water partition coefficient (Wildman–Crippen LogP) is 2.48. The highest BCUT2D eigenvalue weighted by atomic mass is 35.5. The third-order valence-corrected chi connectivity index (χ3v) is 3.87. The summed E-state index contributed by atoms with van der Waals surface area (Å²) in [4.78, 5) is 31.9. The Kier molecular flexibility index (Phi) is 4.76. The Morgan fingerprint density at radius 3 is 2.76 bits per heavy atom. The van der Waals surface area contributed by atoms with E-state index in [-0.39, 0.29) is 22.9 Å². The fourth-order valence-corrected chi connectivity index (χ4v) is 2.37. The number of nitrogens with one attached hydrogen (secondary N) is 1. The standard InChI is InChI=1S/C13H15ClN2O5/c1-20-21-8-13(5-2-6-13)15-12(17)9-3-4-10(14)11(7-9)16(18)19/h3-4,7H,2,5-6,8H2,1H3,(H,15,17). The summed E-state index contributed by atoms with van der Waals surface area (Å²) >= 11 is 5.73. The zero-order valence-corrected chi connectivity index (χ0v) is 12.2. The van der Waals surface area contributed by atoms with Crippen molar-refractivity contribution in [2.75, 3.05) is 13.7 Å². The summed E-state index contributed by atoms with van der Waals surface area (Å²) in [7, 11) is 1.40. The number of amides is 1. The van der Waals surface area contributed by atoms with Crippen molar-refractivity contribution in [3.63, 3.8) is 0 Å². The van der Waals surface area contributed by atoms with Crippen LogP contribution in [0.5, 0.6) is 0 Å². The quantitative estimate of drug-likeness (QED) is 0.495. The van der Waals surface area contributed by atoms with Gasteiger partial charge in [0.2, 0.25) is 0 Å². The first-order valence-corrected chi connectivity index (χ1v) is 6.77. The van der Waals surface area contributed by atoms with Crippen LogP contribution in [0.25, 0.3) is 0 Å². The molecule has 1 aliphatic carbocycles. The van der Waals surface area contributed by atoms with Crippen LogP contribution in [0.15, 0.2) is 18.2 Å². The highest BCUT2D eigenvalue weighted by molar-refractivity contribution is 6.32. The molecule has 0 atom stereocenters. The van der Waals surface area contributed by atoms with Gasteiger partial charge in [-0.1, -0.05) is 11.6 Å². The molecule has 0 saturated heterocycles. The number of hydrogen-bond donors (Lipinski definition) is 1. The van der Waals surface area contributed by atoms with Gasteiger partial charge in [0.25, 0.3) is 11.6 Å². The first-order chi connectivity index (χ1) is 9.97. The Hall–Kier alpha value is -1.70. The van der Waals surface area contributed by atoms with E-state index in [1.807, 2.05) is 0 Å². The summed E-state index contributed by atoms with van der Waals surface area (Å²) < 4.78 is 0. The molecule has 0 unspecified atom stereocenters. The Balaban J connectivity index is 2.13. The molecule has 0 aromatic heterocycles. The number of carbonyl (C=O) groups excluding carboxylic acids is 1. The lowest BCUT2D eigenvalue weighted by Crippen LogP contribution is -2.56. The summed E-state index contributed by atoms with van der Waals surface area (Å²) in [6.45, 7) is 0.241. The van der Waals surface area contributed by atoms with Gasteiger partial charge in [0.15, 0.2) is 0 Å². The average Bonchev–Trinajstić information content (AvgIpc) is 2.41. The van der Waals surface area contributed by atoms with Gasteiger partial charge in [0.1, 0.15) is 11.6 Å². The molecule has 1 saturated carbocycles. The highest BCUT2D eigenvalue weighted by Crippen LogP contribution is 2.33. The number of carbonyl (C=O) groups is 1. The van der Waals surface area contributed by atoms with E-state index in [4.69, 9.17) is 16.5 Å². The van der Waals surface area contributed by atoms with Crippen LogP contribution in [0.4, 0.5) is 5.69 Å². The maximum atomic E-state index is 12.2. The second-order valence-corrected chi connectivity index (χ2v) is 5.35. The van der Waals surface area contributed by atoms with Crippen molar-refractivity contribution in [1.82, 2.24) is 5.32 Å². The van der Waals surface area contributed by atoms with E-state index in [1.54, 1.807) is 0 Å². The molecule has 1 N–H and O–H groups in total. The Bertz CT molecular complexity index is 559. The summed E-state index contributed by atoms with van der Waals surface area (Å²) in [5.41, 5.74) is -0.573. The molecule has 0 aliphatic heterocycles. The fraction of sp³-hybridized carbons (Fsp3) is 0.462. The van der Waals surface area contributed by atoms with Crippen LogP contribution >= 0.6 is 11.6 Å². The third-order valence-electron chi connectivity index (χ3n) is 3.55. The van der Waals surface area contributed by atoms with Crippen molar-refractivity contribution in [2.24, 2.45) is 0 Å². The zero-order valence-electron chi connectivity index (χ0n) is 11.4. The van der Waals surface area contributed by atoms with Crippen LogP contribution in [0.3, 0.4) is 0 Å². The molecule has 1 aromatic carbocycles. The number of nitrogens with zero attached hydrogens (tertiary/aromatic N) is 1. The van der Waals surface area contributed by atoms with Crippen LogP contribution in [0, 0.1) is 10.1 Å². The van der Waals surface area contributed by atoms with Crippen LogP contribution in [-0.2, 0) is 9.78 Å². The highest BCUT2D eigenvalue weighted by Gasteiger charge is 2.39. The summed E-state index contributed by atoms with van der Waals surface area (Å²) in [6, 6.07) is 3.96. The number of hydrogen-bond acceptors (Lipinski definition) is 5. The van der Waals surface area contributed by atoms with Crippen molar-refractivity contribution < 1.29 is 19.5 Å². The largest absolute Gasteiger partial charge is 0.344 e. The van der Waals surface area contributed by atoms with Gasteiger partial charge in [0, 0.05) is 11.6 Å². The van der Waals surface area contributed by atoms with Gasteiger partial charge in [-0.05, 0) is 31.4 Å². The van der Waals surface area contributed by atoms with E-state index in [0.29, 0.717) is 0 Å². The first-order valence-electron chi connectivity index (χ1n) is 6.39. The topological polar surface area (TPSA) is 90.7 Å². The van der Waals surface area contributed by atoms with Crippen molar-refractivity contribution in [1.29, 1.82) is 0 Å².